The molecule has 0 saturated carbocycles. The Morgan fingerprint density at radius 2 is 1.54 bits per heavy atom. The van der Waals surface area contributed by atoms with Crippen LogP contribution >= 0.6 is 0 Å². The fourth-order valence-corrected chi connectivity index (χ4v) is 4.95. The highest BCUT2D eigenvalue weighted by atomic mass is 16.5. The lowest BCUT2D eigenvalue weighted by atomic mass is 9.76. The molecule has 5 rings (SSSR count). The number of ether oxygens (including phenoxy) is 1. The zero-order valence-electron chi connectivity index (χ0n) is 20.0. The van der Waals surface area contributed by atoms with Crippen LogP contribution in [0.1, 0.15) is 34.9 Å². The van der Waals surface area contributed by atoms with E-state index in [0.29, 0.717) is 5.56 Å². The highest BCUT2D eigenvalue weighted by Gasteiger charge is 2.40. The third-order valence-corrected chi connectivity index (χ3v) is 6.79. The molecule has 1 aliphatic rings. The number of nitriles is 1. The van der Waals surface area contributed by atoms with Crippen molar-refractivity contribution in [1.29, 1.82) is 5.26 Å². The number of aliphatic hydroxyl groups is 1. The molecule has 0 bridgehead atoms. The Morgan fingerprint density at radius 3 is 2.11 bits per heavy atom. The fraction of sp³-hybridized carbons (Fsp3) is 0.207. The van der Waals surface area contributed by atoms with E-state index in [0.717, 1.165) is 16.7 Å². The number of hydrogen-bond donors (Lipinski definition) is 3. The molecular formula is C29H26N4O4. The molecule has 1 saturated heterocycles. The van der Waals surface area contributed by atoms with Crippen LogP contribution in [-0.2, 0) is 10.3 Å². The molecule has 3 aromatic carbocycles. The van der Waals surface area contributed by atoms with Gasteiger partial charge in [0.15, 0.2) is 0 Å². The largest absolute Gasteiger partial charge is 0.390 e. The van der Waals surface area contributed by atoms with Gasteiger partial charge >= 0.3 is 5.69 Å². The lowest BCUT2D eigenvalue weighted by Crippen LogP contribution is -2.49. The first-order valence-corrected chi connectivity index (χ1v) is 12.0. The summed E-state index contributed by atoms with van der Waals surface area (Å²) < 4.78 is 7.39. The Kier molecular flexibility index (Phi) is 6.84. The summed E-state index contributed by atoms with van der Waals surface area (Å²) in [7, 11) is 0. The average molecular weight is 495 g/mol. The quantitative estimate of drug-likeness (QED) is 0.340. The molecule has 4 aromatic rings. The summed E-state index contributed by atoms with van der Waals surface area (Å²) in [5.74, 6) is 0. The minimum atomic E-state index is -0.832. The molecule has 0 amide bonds. The molecule has 8 nitrogen and oxygen atoms in total. The van der Waals surface area contributed by atoms with Crippen molar-refractivity contribution in [3.63, 3.8) is 0 Å². The molecule has 1 aromatic heterocycles. The van der Waals surface area contributed by atoms with E-state index in [1.165, 1.54) is 16.8 Å². The molecule has 2 heterocycles. The molecule has 0 radical (unpaired) electrons. The Labute approximate surface area is 213 Å². The Balaban J connectivity index is 1.52. The molecule has 1 aliphatic heterocycles. The summed E-state index contributed by atoms with van der Waals surface area (Å²) in [6, 6.07) is 30.8. The fourth-order valence-electron chi connectivity index (χ4n) is 4.95. The highest BCUT2D eigenvalue weighted by molar-refractivity contribution is 5.50. The van der Waals surface area contributed by atoms with Gasteiger partial charge in [-0.25, -0.2) is 4.79 Å². The van der Waals surface area contributed by atoms with E-state index >= 15 is 0 Å². The van der Waals surface area contributed by atoms with Crippen LogP contribution in [0.25, 0.3) is 0 Å². The standard InChI is InChI=1S/C29H26N4O4/c30-18-20-11-13-23(14-12-20)29(21-7-3-1-4-8-21,22-9-5-2-6-10-22)31-19-25-24(34)17-27(37-25)33-16-15-26(35)32-28(33)36/h1-16,24-25,27,31,34H,17,19H2,(H,32,35,36). The lowest BCUT2D eigenvalue weighted by molar-refractivity contribution is -0.0212. The summed E-state index contributed by atoms with van der Waals surface area (Å²) >= 11 is 0. The third-order valence-electron chi connectivity index (χ3n) is 6.79. The second-order valence-electron chi connectivity index (χ2n) is 9.00. The Hall–Kier alpha value is -4.29. The molecule has 3 unspecified atom stereocenters. The van der Waals surface area contributed by atoms with E-state index < -0.39 is 35.2 Å². The molecule has 3 atom stereocenters. The second kappa shape index (κ2) is 10.4. The van der Waals surface area contributed by atoms with Gasteiger partial charge in [0.25, 0.3) is 5.56 Å². The van der Waals surface area contributed by atoms with E-state index in [9.17, 15) is 20.0 Å². The molecule has 0 spiro atoms. The van der Waals surface area contributed by atoms with Crippen molar-refractivity contribution < 1.29 is 9.84 Å². The number of nitrogens with zero attached hydrogens (tertiary/aromatic N) is 2. The smallest absolute Gasteiger partial charge is 0.330 e. The minimum Gasteiger partial charge on any atom is -0.390 e. The molecule has 37 heavy (non-hydrogen) atoms. The maximum Gasteiger partial charge on any atom is 0.330 e. The molecular weight excluding hydrogens is 468 g/mol. The van der Waals surface area contributed by atoms with Crippen LogP contribution in [-0.4, -0.2) is 33.4 Å². The van der Waals surface area contributed by atoms with Crippen LogP contribution in [0.5, 0.6) is 0 Å². The van der Waals surface area contributed by atoms with Crippen LogP contribution in [0.2, 0.25) is 0 Å². The monoisotopic (exact) mass is 494 g/mol. The molecule has 0 aliphatic carbocycles. The van der Waals surface area contributed by atoms with Gasteiger partial charge in [-0.1, -0.05) is 72.8 Å². The van der Waals surface area contributed by atoms with Crippen molar-refractivity contribution in [3.05, 3.63) is 140 Å². The van der Waals surface area contributed by atoms with Crippen molar-refractivity contribution in [2.75, 3.05) is 6.54 Å². The third kappa shape index (κ3) is 4.76. The lowest BCUT2D eigenvalue weighted by Gasteiger charge is -2.38. The van der Waals surface area contributed by atoms with Gasteiger partial charge in [-0.05, 0) is 28.8 Å². The Bertz CT molecular complexity index is 1470. The van der Waals surface area contributed by atoms with Crippen LogP contribution in [0.3, 0.4) is 0 Å². The van der Waals surface area contributed by atoms with Gasteiger partial charge < -0.3 is 9.84 Å². The number of benzene rings is 3. The van der Waals surface area contributed by atoms with E-state index in [4.69, 9.17) is 4.74 Å². The van der Waals surface area contributed by atoms with Crippen LogP contribution in [0.15, 0.2) is 107 Å². The van der Waals surface area contributed by atoms with E-state index in [1.54, 1.807) is 12.1 Å². The maximum atomic E-state index is 12.3. The number of nitrogens with one attached hydrogen (secondary N) is 2. The number of aliphatic hydroxyl groups excluding tert-OH is 1. The predicted molar refractivity (Wildman–Crippen MR) is 138 cm³/mol. The van der Waals surface area contributed by atoms with Crippen molar-refractivity contribution in [3.8, 4) is 6.07 Å². The Morgan fingerprint density at radius 1 is 0.946 bits per heavy atom. The summed E-state index contributed by atoms with van der Waals surface area (Å²) in [4.78, 5) is 26.0. The van der Waals surface area contributed by atoms with Crippen molar-refractivity contribution in [2.24, 2.45) is 0 Å². The van der Waals surface area contributed by atoms with Gasteiger partial charge in [-0.3, -0.25) is 19.7 Å². The van der Waals surface area contributed by atoms with Gasteiger partial charge in [0, 0.05) is 25.2 Å². The molecule has 186 valence electrons. The molecule has 8 heteroatoms. The van der Waals surface area contributed by atoms with Gasteiger partial charge in [0.2, 0.25) is 0 Å². The number of aromatic amines is 1. The highest BCUT2D eigenvalue weighted by Crippen LogP contribution is 2.38. The molecule has 3 N–H and O–H groups in total. The van der Waals surface area contributed by atoms with E-state index in [2.05, 4.69) is 16.4 Å². The van der Waals surface area contributed by atoms with E-state index in [1.807, 2.05) is 72.8 Å². The first-order valence-electron chi connectivity index (χ1n) is 12.0. The van der Waals surface area contributed by atoms with Gasteiger partial charge in [-0.15, -0.1) is 0 Å². The second-order valence-corrected chi connectivity index (χ2v) is 9.00. The average Bonchev–Trinajstić information content (AvgIpc) is 3.30. The summed E-state index contributed by atoms with van der Waals surface area (Å²) in [5.41, 5.74) is 1.55. The number of rotatable bonds is 7. The van der Waals surface area contributed by atoms with Crippen LogP contribution in [0.4, 0.5) is 0 Å². The van der Waals surface area contributed by atoms with Crippen molar-refractivity contribution in [1.82, 2.24) is 14.9 Å². The van der Waals surface area contributed by atoms with Crippen LogP contribution in [0, 0.1) is 11.3 Å². The van der Waals surface area contributed by atoms with Crippen molar-refractivity contribution >= 4 is 0 Å². The summed E-state index contributed by atoms with van der Waals surface area (Å²) in [6.45, 7) is 0.263. The number of H-pyrrole nitrogens is 1. The summed E-state index contributed by atoms with van der Waals surface area (Å²) in [6.07, 6.45) is -0.568. The molecule has 1 fully saturated rings. The SMILES string of the molecule is N#Cc1ccc(C(NCC2OC(n3ccc(=O)[nH]c3=O)CC2O)(c2ccccc2)c2ccccc2)cc1. The van der Waals surface area contributed by atoms with Gasteiger partial charge in [0.1, 0.15) is 6.23 Å². The normalized spacial score (nSPS) is 19.4. The van der Waals surface area contributed by atoms with Gasteiger partial charge in [-0.2, -0.15) is 5.26 Å². The number of aromatic nitrogens is 2. The minimum absolute atomic E-state index is 0.207. The predicted octanol–water partition coefficient (Wildman–Crippen LogP) is 2.64. The van der Waals surface area contributed by atoms with Gasteiger partial charge in [0.05, 0.1) is 29.4 Å². The number of hydrogen-bond acceptors (Lipinski definition) is 6. The zero-order chi connectivity index (χ0) is 25.8. The zero-order valence-corrected chi connectivity index (χ0v) is 20.0. The topological polar surface area (TPSA) is 120 Å². The van der Waals surface area contributed by atoms with Crippen LogP contribution < -0.4 is 16.6 Å². The van der Waals surface area contributed by atoms with E-state index in [-0.39, 0.29) is 13.0 Å². The summed E-state index contributed by atoms with van der Waals surface area (Å²) in [5, 5.41) is 23.9. The maximum absolute atomic E-state index is 12.3. The first-order chi connectivity index (χ1) is 18.0. The first kappa shape index (κ1) is 24.4. The van der Waals surface area contributed by atoms with Crippen molar-refractivity contribution in [2.45, 2.75) is 30.4 Å².